The summed E-state index contributed by atoms with van der Waals surface area (Å²) in [6, 6.07) is 20.6. The SMILES string of the molecule is CCN(CCCCCCCCN1C(=O)N(c2cccc(C(F)(F)F)c2)C(C)=C(C(=O)OCCO)C1c1ccc(N)cc1)CCCCCCCCN1C(=O)N(c2cccc(C(F)(F)F)c2)C(C)=C(C(=O)OCCO)C1c1ccc(C#N)cc1. The van der Waals surface area contributed by atoms with E-state index < -0.39 is 72.8 Å². The van der Waals surface area contributed by atoms with Gasteiger partial charge in [0.05, 0.1) is 70.6 Å². The van der Waals surface area contributed by atoms with Crippen LogP contribution in [0.3, 0.4) is 0 Å². The molecule has 2 atom stereocenters. The van der Waals surface area contributed by atoms with Crippen LogP contribution in [-0.4, -0.2) is 108 Å². The van der Waals surface area contributed by atoms with E-state index in [-0.39, 0.29) is 60.2 Å². The van der Waals surface area contributed by atoms with Crippen molar-refractivity contribution in [3.63, 3.8) is 0 Å². The van der Waals surface area contributed by atoms with Gasteiger partial charge in [0.1, 0.15) is 13.2 Å². The minimum atomic E-state index is -4.70. The van der Waals surface area contributed by atoms with E-state index in [1.807, 2.05) is 0 Å². The van der Waals surface area contributed by atoms with Gasteiger partial charge in [-0.2, -0.15) is 31.6 Å². The minimum Gasteiger partial charge on any atom is -0.460 e. The number of urea groups is 2. The number of anilines is 3. The van der Waals surface area contributed by atoms with Gasteiger partial charge >= 0.3 is 36.4 Å². The number of carbonyl (C=O) groups is 4. The number of carbonyl (C=O) groups excluding carboxylic acids is 4. The largest absolute Gasteiger partial charge is 0.460 e. The lowest BCUT2D eigenvalue weighted by Crippen LogP contribution is -2.51. The lowest BCUT2D eigenvalue weighted by Gasteiger charge is -2.43. The van der Waals surface area contributed by atoms with Crippen LogP contribution in [0.1, 0.15) is 138 Å². The second kappa shape index (κ2) is 30.1. The number of esters is 2. The van der Waals surface area contributed by atoms with Crippen LogP contribution in [0.4, 0.5) is 53.0 Å². The van der Waals surface area contributed by atoms with Crippen molar-refractivity contribution in [3.8, 4) is 6.07 Å². The number of allylic oxidation sites excluding steroid dienone is 2. The van der Waals surface area contributed by atoms with Gasteiger partial charge in [-0.15, -0.1) is 0 Å². The molecule has 0 fully saturated rings. The van der Waals surface area contributed by atoms with Gasteiger partial charge in [-0.1, -0.05) is 94.7 Å². The highest BCUT2D eigenvalue weighted by atomic mass is 19.4. The maximum absolute atomic E-state index is 14.5. The summed E-state index contributed by atoms with van der Waals surface area (Å²) in [5, 5.41) is 28.4. The van der Waals surface area contributed by atoms with Crippen molar-refractivity contribution in [2.24, 2.45) is 0 Å². The van der Waals surface area contributed by atoms with E-state index in [1.54, 1.807) is 48.5 Å². The molecular weight excluding hydrogens is 1070 g/mol. The van der Waals surface area contributed by atoms with Gasteiger partial charge in [-0.3, -0.25) is 9.80 Å². The van der Waals surface area contributed by atoms with Crippen molar-refractivity contribution in [2.75, 3.05) is 74.7 Å². The quantitative estimate of drug-likeness (QED) is 0.0203. The van der Waals surface area contributed by atoms with Crippen LogP contribution in [0.15, 0.2) is 120 Å². The van der Waals surface area contributed by atoms with Crippen LogP contribution in [0.25, 0.3) is 0 Å². The highest BCUT2D eigenvalue weighted by Crippen LogP contribution is 2.44. The van der Waals surface area contributed by atoms with Crippen LogP contribution in [0, 0.1) is 11.3 Å². The van der Waals surface area contributed by atoms with Crippen molar-refractivity contribution in [2.45, 2.75) is 122 Å². The average molecular weight is 1150 g/mol. The average Bonchev–Trinajstić information content (AvgIpc) is 3.29. The van der Waals surface area contributed by atoms with E-state index in [9.17, 15) is 61.0 Å². The van der Waals surface area contributed by atoms with Gasteiger partial charge in [-0.05, 0) is 131 Å². The first kappa shape index (κ1) is 63.8. The third-order valence-electron chi connectivity index (χ3n) is 14.7. The minimum absolute atomic E-state index is 0.0179. The Hall–Kier alpha value is -7.41. The van der Waals surface area contributed by atoms with Gasteiger partial charge in [0, 0.05) is 30.2 Å². The molecule has 6 rings (SSSR count). The Balaban J connectivity index is 0.992. The van der Waals surface area contributed by atoms with Crippen LogP contribution in [0.5, 0.6) is 0 Å². The van der Waals surface area contributed by atoms with Gasteiger partial charge in [0.15, 0.2) is 0 Å². The molecule has 4 aromatic carbocycles. The number of amides is 4. The van der Waals surface area contributed by atoms with Crippen LogP contribution >= 0.6 is 0 Å². The number of aliphatic hydroxyl groups excluding tert-OH is 2. The van der Waals surface area contributed by atoms with Crippen molar-refractivity contribution in [1.82, 2.24) is 14.7 Å². The fourth-order valence-corrected chi connectivity index (χ4v) is 10.6. The number of halogens is 6. The zero-order valence-corrected chi connectivity index (χ0v) is 46.6. The normalized spacial score (nSPS) is 16.1. The summed E-state index contributed by atoms with van der Waals surface area (Å²) < 4.78 is 94.1. The van der Waals surface area contributed by atoms with Gasteiger partial charge < -0.3 is 40.1 Å². The molecular formula is C61H73F6N7O8. The fraction of sp³-hybridized carbons (Fsp3) is 0.459. The predicted molar refractivity (Wildman–Crippen MR) is 299 cm³/mol. The predicted octanol–water partition coefficient (Wildman–Crippen LogP) is 12.5. The maximum Gasteiger partial charge on any atom is 0.416 e. The monoisotopic (exact) mass is 1150 g/mol. The van der Waals surface area contributed by atoms with Crippen LogP contribution < -0.4 is 15.5 Å². The standard InChI is InChI=1S/C61H73F6N7O8/c1-4-70(32-14-10-6-8-12-16-34-72-55(46-27-29-49(69)30-28-46)53(57(78)82-38-36-76)43(3)74(59(72)80)51-22-18-20-48(40-51)61(65,66)67)31-13-9-5-7-11-15-33-71-54(45-25-23-44(41-68)24-26-45)52(56(77)81-37-35-75)42(2)73(58(71)79)50-21-17-19-47(39-50)60(62,63)64/h17-30,39-40,54-55,75-76H,4-16,31-38,69H2,1-3H3. The summed E-state index contributed by atoms with van der Waals surface area (Å²) in [7, 11) is 0. The number of hydrogen-bond acceptors (Lipinski definition) is 11. The summed E-state index contributed by atoms with van der Waals surface area (Å²) in [6.45, 7) is 6.55. The highest BCUT2D eigenvalue weighted by molar-refractivity contribution is 6.04. The molecule has 2 heterocycles. The van der Waals surface area contributed by atoms with E-state index in [2.05, 4.69) is 17.9 Å². The third kappa shape index (κ3) is 16.4. The zero-order chi connectivity index (χ0) is 59.6. The molecule has 0 aromatic heterocycles. The number of hydrogen-bond donors (Lipinski definition) is 3. The number of nitrogens with two attached hydrogens (primary N) is 1. The van der Waals surface area contributed by atoms with Gasteiger partial charge in [0.25, 0.3) is 0 Å². The smallest absolute Gasteiger partial charge is 0.416 e. The first-order chi connectivity index (χ1) is 39.2. The molecule has 2 aliphatic rings. The highest BCUT2D eigenvalue weighted by Gasteiger charge is 2.45. The molecule has 4 N–H and O–H groups in total. The summed E-state index contributed by atoms with van der Waals surface area (Å²) in [5.41, 5.74) is 6.04. The molecule has 0 radical (unpaired) electrons. The molecule has 2 unspecified atom stereocenters. The van der Waals surface area contributed by atoms with Gasteiger partial charge in [-0.25, -0.2) is 19.2 Å². The molecule has 0 bridgehead atoms. The zero-order valence-electron chi connectivity index (χ0n) is 46.6. The molecule has 21 heteroatoms. The fourth-order valence-electron chi connectivity index (χ4n) is 10.6. The second-order valence-electron chi connectivity index (χ2n) is 20.3. The van der Waals surface area contributed by atoms with Crippen molar-refractivity contribution in [1.29, 1.82) is 5.26 Å². The molecule has 4 amide bonds. The van der Waals surface area contributed by atoms with Crippen LogP contribution in [0.2, 0.25) is 0 Å². The Morgan fingerprint density at radius 3 is 1.34 bits per heavy atom. The Bertz CT molecular complexity index is 2910. The van der Waals surface area contributed by atoms with Crippen molar-refractivity contribution >= 4 is 41.1 Å². The summed E-state index contributed by atoms with van der Waals surface area (Å²) in [6.07, 6.45) is 0.642. The topological polar surface area (TPSA) is 193 Å². The van der Waals surface area contributed by atoms with E-state index in [0.717, 1.165) is 118 Å². The molecule has 0 spiro atoms. The number of alkyl halides is 6. The molecule has 4 aromatic rings. The first-order valence-electron chi connectivity index (χ1n) is 27.9. The molecule has 2 aliphatic heterocycles. The molecule has 15 nitrogen and oxygen atoms in total. The summed E-state index contributed by atoms with van der Waals surface area (Å²) >= 11 is 0. The number of nitrogen functional groups attached to an aromatic ring is 1. The second-order valence-corrected chi connectivity index (χ2v) is 20.3. The van der Waals surface area contributed by atoms with Crippen LogP contribution in [-0.2, 0) is 31.4 Å². The molecule has 0 saturated heterocycles. The number of benzene rings is 4. The Morgan fingerprint density at radius 2 is 0.976 bits per heavy atom. The first-order valence-corrected chi connectivity index (χ1v) is 27.9. The number of unbranched alkanes of at least 4 members (excludes halogenated alkanes) is 10. The van der Waals surface area contributed by atoms with E-state index in [1.165, 1.54) is 47.9 Å². The number of nitriles is 1. The molecule has 0 saturated carbocycles. The van der Waals surface area contributed by atoms with E-state index in [0.29, 0.717) is 35.2 Å². The molecule has 442 valence electrons. The van der Waals surface area contributed by atoms with Crippen molar-refractivity contribution in [3.05, 3.63) is 147 Å². The number of ether oxygens (including phenoxy) is 2. The molecule has 82 heavy (non-hydrogen) atoms. The van der Waals surface area contributed by atoms with E-state index >= 15 is 0 Å². The summed E-state index contributed by atoms with van der Waals surface area (Å²) in [5.74, 6) is -1.66. The lowest BCUT2D eigenvalue weighted by molar-refractivity contribution is -0.141. The van der Waals surface area contributed by atoms with Crippen molar-refractivity contribution < 1.29 is 65.2 Å². The molecule has 0 aliphatic carbocycles. The Kier molecular flexibility index (Phi) is 23.4. The van der Waals surface area contributed by atoms with E-state index in [4.69, 9.17) is 15.2 Å². The maximum atomic E-state index is 14.5. The number of nitrogens with zero attached hydrogens (tertiary/aromatic N) is 6. The Morgan fingerprint density at radius 1 is 0.598 bits per heavy atom. The summed E-state index contributed by atoms with van der Waals surface area (Å²) in [4.78, 5) is 64.1. The Labute approximate surface area is 475 Å². The lowest BCUT2D eigenvalue weighted by atomic mass is 9.91. The number of aliphatic hydroxyl groups is 2. The number of rotatable bonds is 29. The van der Waals surface area contributed by atoms with Gasteiger partial charge in [0.2, 0.25) is 0 Å². The third-order valence-corrected chi connectivity index (χ3v) is 14.7.